The van der Waals surface area contributed by atoms with E-state index in [1.807, 2.05) is 18.3 Å². The van der Waals surface area contributed by atoms with Crippen LogP contribution in [0.2, 0.25) is 0 Å². The molecule has 1 aromatic heterocycles. The molecule has 0 fully saturated rings. The first kappa shape index (κ1) is 9.19. The van der Waals surface area contributed by atoms with E-state index in [4.69, 9.17) is 5.11 Å². The third kappa shape index (κ3) is 2.62. The molecule has 0 radical (unpaired) electrons. The van der Waals surface area contributed by atoms with E-state index in [0.29, 0.717) is 5.75 Å². The van der Waals surface area contributed by atoms with Gasteiger partial charge >= 0.3 is 5.97 Å². The van der Waals surface area contributed by atoms with Gasteiger partial charge in [0.2, 0.25) is 0 Å². The van der Waals surface area contributed by atoms with E-state index in [9.17, 15) is 4.79 Å². The second kappa shape index (κ2) is 4.21. The largest absolute Gasteiger partial charge is 0.481 e. The van der Waals surface area contributed by atoms with E-state index in [0.717, 1.165) is 5.03 Å². The zero-order chi connectivity index (χ0) is 8.97. The first-order valence-electron chi connectivity index (χ1n) is 3.69. The molecule has 0 bridgehead atoms. The number of carboxylic acids is 1. The Morgan fingerprint density at radius 3 is 3.08 bits per heavy atom. The number of H-pyrrole nitrogens is 1. The van der Waals surface area contributed by atoms with Crippen molar-refractivity contribution in [2.24, 2.45) is 5.92 Å². The van der Waals surface area contributed by atoms with Gasteiger partial charge in [0, 0.05) is 11.9 Å². The number of nitrogens with one attached hydrogen (secondary N) is 1. The van der Waals surface area contributed by atoms with Crippen molar-refractivity contribution in [3.05, 3.63) is 18.3 Å². The van der Waals surface area contributed by atoms with E-state index in [-0.39, 0.29) is 5.92 Å². The molecule has 0 aromatic carbocycles. The van der Waals surface area contributed by atoms with E-state index in [2.05, 4.69) is 4.98 Å². The molecule has 1 rings (SSSR count). The molecule has 1 aromatic rings. The van der Waals surface area contributed by atoms with Crippen LogP contribution < -0.4 is 0 Å². The molecule has 12 heavy (non-hydrogen) atoms. The van der Waals surface area contributed by atoms with Crippen LogP contribution in [0, 0.1) is 5.92 Å². The van der Waals surface area contributed by atoms with Gasteiger partial charge in [0.15, 0.2) is 0 Å². The van der Waals surface area contributed by atoms with Crippen molar-refractivity contribution in [2.45, 2.75) is 11.9 Å². The Bertz CT molecular complexity index is 246. The Morgan fingerprint density at radius 2 is 2.58 bits per heavy atom. The lowest BCUT2D eigenvalue weighted by Crippen LogP contribution is -2.11. The molecular weight excluding hydrogens is 174 g/mol. The highest BCUT2D eigenvalue weighted by molar-refractivity contribution is 7.99. The molecule has 0 amide bonds. The predicted octanol–water partition coefficient (Wildman–Crippen LogP) is 1.83. The Hall–Kier alpha value is -0.900. The lowest BCUT2D eigenvalue weighted by Gasteiger charge is -2.03. The summed E-state index contributed by atoms with van der Waals surface area (Å²) in [5.41, 5.74) is 0. The fourth-order valence-electron chi connectivity index (χ4n) is 0.690. The maximum atomic E-state index is 10.4. The fourth-order valence-corrected chi connectivity index (χ4v) is 1.59. The Kier molecular flexibility index (Phi) is 3.22. The SMILES string of the molecule is CC(CSc1ccc[nH]1)C(=O)O. The van der Waals surface area contributed by atoms with E-state index in [1.165, 1.54) is 11.8 Å². The molecule has 1 unspecified atom stereocenters. The summed E-state index contributed by atoms with van der Waals surface area (Å²) in [5.74, 6) is -0.428. The van der Waals surface area contributed by atoms with Crippen LogP contribution in [0.3, 0.4) is 0 Å². The van der Waals surface area contributed by atoms with Crippen molar-refractivity contribution in [3.63, 3.8) is 0 Å². The predicted molar refractivity (Wildman–Crippen MR) is 48.3 cm³/mol. The Labute approximate surface area is 75.2 Å². The number of aromatic amines is 1. The maximum absolute atomic E-state index is 10.4. The summed E-state index contributed by atoms with van der Waals surface area (Å²) in [7, 11) is 0. The van der Waals surface area contributed by atoms with Gasteiger partial charge < -0.3 is 10.1 Å². The highest BCUT2D eigenvalue weighted by atomic mass is 32.2. The van der Waals surface area contributed by atoms with Crippen molar-refractivity contribution in [1.82, 2.24) is 4.98 Å². The van der Waals surface area contributed by atoms with Gasteiger partial charge in [-0.3, -0.25) is 4.79 Å². The van der Waals surface area contributed by atoms with Gasteiger partial charge in [-0.25, -0.2) is 0 Å². The highest BCUT2D eigenvalue weighted by Gasteiger charge is 2.10. The second-order valence-electron chi connectivity index (χ2n) is 2.58. The Balaban J connectivity index is 2.31. The molecule has 2 N–H and O–H groups in total. The van der Waals surface area contributed by atoms with Crippen molar-refractivity contribution >= 4 is 17.7 Å². The topological polar surface area (TPSA) is 53.1 Å². The van der Waals surface area contributed by atoms with Gasteiger partial charge in [0.1, 0.15) is 0 Å². The smallest absolute Gasteiger partial charge is 0.307 e. The maximum Gasteiger partial charge on any atom is 0.307 e. The van der Waals surface area contributed by atoms with Crippen LogP contribution in [0.15, 0.2) is 23.4 Å². The normalized spacial score (nSPS) is 12.8. The van der Waals surface area contributed by atoms with Crippen molar-refractivity contribution in [3.8, 4) is 0 Å². The average Bonchev–Trinajstić information content (AvgIpc) is 2.51. The van der Waals surface area contributed by atoms with Crippen molar-refractivity contribution in [2.75, 3.05) is 5.75 Å². The molecule has 0 saturated heterocycles. The van der Waals surface area contributed by atoms with Crippen LogP contribution in [-0.2, 0) is 4.79 Å². The minimum Gasteiger partial charge on any atom is -0.481 e. The van der Waals surface area contributed by atoms with E-state index < -0.39 is 5.97 Å². The molecule has 0 saturated carbocycles. The minimum atomic E-state index is -0.742. The first-order valence-corrected chi connectivity index (χ1v) is 4.67. The number of hydrogen-bond acceptors (Lipinski definition) is 2. The molecule has 1 heterocycles. The molecule has 0 aliphatic rings. The van der Waals surface area contributed by atoms with Crippen LogP contribution in [0.5, 0.6) is 0 Å². The third-order valence-electron chi connectivity index (χ3n) is 1.48. The monoisotopic (exact) mass is 185 g/mol. The Morgan fingerprint density at radius 1 is 1.83 bits per heavy atom. The number of thioether (sulfide) groups is 1. The third-order valence-corrected chi connectivity index (χ3v) is 2.71. The molecule has 0 aliphatic carbocycles. The molecule has 0 spiro atoms. The van der Waals surface area contributed by atoms with E-state index >= 15 is 0 Å². The van der Waals surface area contributed by atoms with Gasteiger partial charge in [-0.2, -0.15) is 0 Å². The van der Waals surface area contributed by atoms with Crippen LogP contribution in [0.25, 0.3) is 0 Å². The van der Waals surface area contributed by atoms with Gasteiger partial charge in [-0.05, 0) is 12.1 Å². The average molecular weight is 185 g/mol. The van der Waals surface area contributed by atoms with Crippen LogP contribution in [-0.4, -0.2) is 21.8 Å². The molecule has 3 nitrogen and oxygen atoms in total. The van der Waals surface area contributed by atoms with Crippen molar-refractivity contribution < 1.29 is 9.90 Å². The van der Waals surface area contributed by atoms with Crippen LogP contribution in [0.4, 0.5) is 0 Å². The number of aliphatic carboxylic acids is 1. The van der Waals surface area contributed by atoms with Gasteiger partial charge in [0.25, 0.3) is 0 Å². The quantitative estimate of drug-likeness (QED) is 0.703. The molecule has 0 aliphatic heterocycles. The van der Waals surface area contributed by atoms with Crippen LogP contribution >= 0.6 is 11.8 Å². The molecule has 4 heteroatoms. The number of rotatable bonds is 4. The zero-order valence-electron chi connectivity index (χ0n) is 6.78. The van der Waals surface area contributed by atoms with Gasteiger partial charge in [-0.15, -0.1) is 11.8 Å². The summed E-state index contributed by atoms with van der Waals surface area (Å²) in [6, 6.07) is 3.83. The summed E-state index contributed by atoms with van der Waals surface area (Å²) in [4.78, 5) is 13.4. The standard InChI is InChI=1S/C8H11NO2S/c1-6(8(10)11)5-12-7-3-2-4-9-7/h2-4,6,9H,5H2,1H3,(H,10,11). The van der Waals surface area contributed by atoms with Crippen LogP contribution in [0.1, 0.15) is 6.92 Å². The van der Waals surface area contributed by atoms with Gasteiger partial charge in [-0.1, -0.05) is 6.92 Å². The highest BCUT2D eigenvalue weighted by Crippen LogP contribution is 2.18. The lowest BCUT2D eigenvalue weighted by atomic mass is 10.2. The molecule has 66 valence electrons. The number of carboxylic acid groups (broad SMARTS) is 1. The summed E-state index contributed by atoms with van der Waals surface area (Å²) < 4.78 is 0. The fraction of sp³-hybridized carbons (Fsp3) is 0.375. The zero-order valence-corrected chi connectivity index (χ0v) is 7.60. The number of hydrogen-bond donors (Lipinski definition) is 2. The van der Waals surface area contributed by atoms with Gasteiger partial charge in [0.05, 0.1) is 10.9 Å². The van der Waals surface area contributed by atoms with E-state index in [1.54, 1.807) is 6.92 Å². The second-order valence-corrected chi connectivity index (χ2v) is 3.65. The summed E-state index contributed by atoms with van der Waals surface area (Å²) >= 11 is 1.53. The first-order chi connectivity index (χ1) is 5.70. The lowest BCUT2D eigenvalue weighted by molar-refractivity contribution is -0.140. The number of aromatic nitrogens is 1. The summed E-state index contributed by atoms with van der Waals surface area (Å²) in [6.07, 6.45) is 1.83. The number of carbonyl (C=O) groups is 1. The molecular formula is C8H11NO2S. The summed E-state index contributed by atoms with van der Waals surface area (Å²) in [5, 5.41) is 9.60. The molecule has 1 atom stereocenters. The summed E-state index contributed by atoms with van der Waals surface area (Å²) in [6.45, 7) is 1.71. The van der Waals surface area contributed by atoms with Crippen molar-refractivity contribution in [1.29, 1.82) is 0 Å². The minimum absolute atomic E-state index is 0.293.